The lowest BCUT2D eigenvalue weighted by atomic mass is 10.2. The van der Waals surface area contributed by atoms with Gasteiger partial charge in [0.15, 0.2) is 0 Å². The number of nitrogens with one attached hydrogen (secondary N) is 1. The van der Waals surface area contributed by atoms with Crippen LogP contribution in [-0.2, 0) is 19.2 Å². The molecule has 1 fully saturated rings. The Morgan fingerprint density at radius 1 is 1.30 bits per heavy atom. The average Bonchev–Trinajstić information content (AvgIpc) is 2.83. The number of nitrogens with two attached hydrogens (primary N) is 1. The number of carbonyl (C=O) groups excluding carboxylic acids is 2. The smallest absolute Gasteiger partial charge is 0.326 e. The van der Waals surface area contributed by atoms with Crippen LogP contribution in [0.5, 0.6) is 0 Å². The van der Waals surface area contributed by atoms with Gasteiger partial charge in [0.2, 0.25) is 11.8 Å². The van der Waals surface area contributed by atoms with Crippen molar-refractivity contribution in [3.05, 3.63) is 0 Å². The first kappa shape index (κ1) is 15.9. The Labute approximate surface area is 114 Å². The molecular formula is C11H17N3O6. The van der Waals surface area contributed by atoms with E-state index in [1.807, 2.05) is 0 Å². The maximum Gasteiger partial charge on any atom is 0.326 e. The third kappa shape index (κ3) is 4.19. The molecule has 9 heteroatoms. The fourth-order valence-corrected chi connectivity index (χ4v) is 2.00. The van der Waals surface area contributed by atoms with Crippen LogP contribution in [0, 0.1) is 0 Å². The highest BCUT2D eigenvalue weighted by Gasteiger charge is 2.33. The molecule has 1 saturated heterocycles. The predicted molar refractivity (Wildman–Crippen MR) is 65.6 cm³/mol. The number of aliphatic carboxylic acids is 2. The minimum Gasteiger partial charge on any atom is -0.481 e. The second-order valence-corrected chi connectivity index (χ2v) is 4.51. The molecule has 2 atom stereocenters. The number of rotatable bonds is 6. The minimum atomic E-state index is -1.24. The summed E-state index contributed by atoms with van der Waals surface area (Å²) in [5.41, 5.74) is 5.32. The van der Waals surface area contributed by atoms with E-state index in [1.54, 1.807) is 0 Å². The predicted octanol–water partition coefficient (Wildman–Crippen LogP) is -2.02. The Morgan fingerprint density at radius 3 is 2.50 bits per heavy atom. The quantitative estimate of drug-likeness (QED) is 0.440. The van der Waals surface area contributed by atoms with Crippen LogP contribution < -0.4 is 11.1 Å². The molecule has 0 saturated carbocycles. The van der Waals surface area contributed by atoms with E-state index in [0.717, 1.165) is 0 Å². The molecule has 0 radical (unpaired) electrons. The lowest BCUT2D eigenvalue weighted by molar-refractivity contribution is -0.148. The van der Waals surface area contributed by atoms with Gasteiger partial charge in [-0.05, 0) is 12.8 Å². The monoisotopic (exact) mass is 287 g/mol. The van der Waals surface area contributed by atoms with Gasteiger partial charge in [0.25, 0.3) is 0 Å². The molecule has 0 aromatic rings. The third-order valence-corrected chi connectivity index (χ3v) is 3.00. The summed E-state index contributed by atoms with van der Waals surface area (Å²) in [4.78, 5) is 45.7. The highest BCUT2D eigenvalue weighted by Crippen LogP contribution is 2.17. The molecule has 0 aliphatic carbocycles. The van der Waals surface area contributed by atoms with Gasteiger partial charge < -0.3 is 26.2 Å². The first-order valence-corrected chi connectivity index (χ1v) is 6.10. The molecule has 112 valence electrons. The molecule has 1 rings (SSSR count). The molecule has 0 spiro atoms. The van der Waals surface area contributed by atoms with Crippen molar-refractivity contribution in [1.29, 1.82) is 0 Å². The second-order valence-electron chi connectivity index (χ2n) is 4.51. The summed E-state index contributed by atoms with van der Waals surface area (Å²) < 4.78 is 0. The Bertz CT molecular complexity index is 424. The maximum absolute atomic E-state index is 11.8. The fourth-order valence-electron chi connectivity index (χ4n) is 2.00. The second kappa shape index (κ2) is 6.85. The average molecular weight is 287 g/mol. The number of carbonyl (C=O) groups is 4. The van der Waals surface area contributed by atoms with Crippen LogP contribution in [0.15, 0.2) is 0 Å². The van der Waals surface area contributed by atoms with Crippen molar-refractivity contribution in [2.75, 3.05) is 13.1 Å². The van der Waals surface area contributed by atoms with E-state index >= 15 is 0 Å². The van der Waals surface area contributed by atoms with E-state index in [-0.39, 0.29) is 0 Å². The molecule has 0 aromatic heterocycles. The van der Waals surface area contributed by atoms with Crippen molar-refractivity contribution >= 4 is 23.8 Å². The van der Waals surface area contributed by atoms with E-state index in [4.69, 9.17) is 15.9 Å². The highest BCUT2D eigenvalue weighted by molar-refractivity contribution is 5.91. The molecule has 1 aliphatic heterocycles. The highest BCUT2D eigenvalue weighted by atomic mass is 16.4. The van der Waals surface area contributed by atoms with Gasteiger partial charge in [-0.25, -0.2) is 4.79 Å². The summed E-state index contributed by atoms with van der Waals surface area (Å²) in [5, 5.41) is 19.6. The first-order valence-electron chi connectivity index (χ1n) is 6.10. The van der Waals surface area contributed by atoms with Crippen LogP contribution in [0.4, 0.5) is 0 Å². The summed E-state index contributed by atoms with van der Waals surface area (Å²) in [5.74, 6) is -3.58. The van der Waals surface area contributed by atoms with Crippen molar-refractivity contribution in [3.63, 3.8) is 0 Å². The molecule has 2 amide bonds. The normalized spacial score (nSPS) is 19.4. The molecule has 0 bridgehead atoms. The van der Waals surface area contributed by atoms with Gasteiger partial charge in [0, 0.05) is 6.54 Å². The van der Waals surface area contributed by atoms with Gasteiger partial charge in [-0.1, -0.05) is 0 Å². The zero-order valence-corrected chi connectivity index (χ0v) is 10.7. The molecule has 0 aromatic carbocycles. The lowest BCUT2D eigenvalue weighted by Gasteiger charge is -2.21. The number of hydrogen-bond acceptors (Lipinski definition) is 5. The molecule has 2 unspecified atom stereocenters. The van der Waals surface area contributed by atoms with E-state index in [1.165, 1.54) is 4.90 Å². The SMILES string of the molecule is NC(CC(=O)O)C(=O)NCC(=O)N1CCCC1C(=O)O. The lowest BCUT2D eigenvalue weighted by Crippen LogP contribution is -2.48. The fraction of sp³-hybridized carbons (Fsp3) is 0.636. The first-order chi connectivity index (χ1) is 9.32. The van der Waals surface area contributed by atoms with Crippen LogP contribution in [0.25, 0.3) is 0 Å². The summed E-state index contributed by atoms with van der Waals surface area (Å²) >= 11 is 0. The molecule has 1 aliphatic rings. The Morgan fingerprint density at radius 2 is 1.95 bits per heavy atom. The topological polar surface area (TPSA) is 150 Å². The summed E-state index contributed by atoms with van der Waals surface area (Å²) in [7, 11) is 0. The standard InChI is InChI=1S/C11H17N3O6/c12-6(4-9(16)17)10(18)13-5-8(15)14-3-1-2-7(14)11(19)20/h6-7H,1-5,12H2,(H,13,18)(H,16,17)(H,19,20). The number of carboxylic acid groups (broad SMARTS) is 2. The van der Waals surface area contributed by atoms with Gasteiger partial charge in [0.1, 0.15) is 6.04 Å². The van der Waals surface area contributed by atoms with Gasteiger partial charge in [-0.15, -0.1) is 0 Å². The number of carboxylic acids is 2. The maximum atomic E-state index is 11.8. The molecule has 20 heavy (non-hydrogen) atoms. The largest absolute Gasteiger partial charge is 0.481 e. The van der Waals surface area contributed by atoms with Crippen molar-refractivity contribution in [2.24, 2.45) is 5.73 Å². The summed E-state index contributed by atoms with van der Waals surface area (Å²) in [6, 6.07) is -2.11. The van der Waals surface area contributed by atoms with Gasteiger partial charge in [-0.2, -0.15) is 0 Å². The Hall–Kier alpha value is -2.16. The Balaban J connectivity index is 2.45. The van der Waals surface area contributed by atoms with E-state index in [0.29, 0.717) is 19.4 Å². The molecule has 1 heterocycles. The Kier molecular flexibility index (Phi) is 5.44. The van der Waals surface area contributed by atoms with Crippen molar-refractivity contribution in [2.45, 2.75) is 31.3 Å². The number of amides is 2. The van der Waals surface area contributed by atoms with E-state index in [2.05, 4.69) is 5.32 Å². The van der Waals surface area contributed by atoms with Gasteiger partial charge >= 0.3 is 11.9 Å². The van der Waals surface area contributed by atoms with Crippen LogP contribution >= 0.6 is 0 Å². The van der Waals surface area contributed by atoms with Gasteiger partial charge in [0.05, 0.1) is 19.0 Å². The zero-order valence-electron chi connectivity index (χ0n) is 10.7. The number of hydrogen-bond donors (Lipinski definition) is 4. The van der Waals surface area contributed by atoms with Gasteiger partial charge in [-0.3, -0.25) is 14.4 Å². The van der Waals surface area contributed by atoms with E-state index in [9.17, 15) is 19.2 Å². The number of likely N-dealkylation sites (tertiary alicyclic amines) is 1. The molecule has 9 nitrogen and oxygen atoms in total. The van der Waals surface area contributed by atoms with Crippen LogP contribution in [0.3, 0.4) is 0 Å². The van der Waals surface area contributed by atoms with Crippen molar-refractivity contribution in [3.8, 4) is 0 Å². The third-order valence-electron chi connectivity index (χ3n) is 3.00. The zero-order chi connectivity index (χ0) is 15.3. The van der Waals surface area contributed by atoms with Crippen LogP contribution in [0.1, 0.15) is 19.3 Å². The molecule has 5 N–H and O–H groups in total. The summed E-state index contributed by atoms with van der Waals surface area (Å²) in [6.07, 6.45) is 0.435. The van der Waals surface area contributed by atoms with Crippen molar-refractivity contribution in [1.82, 2.24) is 10.2 Å². The van der Waals surface area contributed by atoms with Crippen LogP contribution in [0.2, 0.25) is 0 Å². The number of nitrogens with zero attached hydrogens (tertiary/aromatic N) is 1. The van der Waals surface area contributed by atoms with E-state index < -0.39 is 48.8 Å². The summed E-state index contributed by atoms with van der Waals surface area (Å²) in [6.45, 7) is -0.0667. The van der Waals surface area contributed by atoms with Crippen LogP contribution in [-0.4, -0.2) is 64.0 Å². The minimum absolute atomic E-state index is 0.326. The molecular weight excluding hydrogens is 270 g/mol. The van der Waals surface area contributed by atoms with Crippen molar-refractivity contribution < 1.29 is 29.4 Å².